The smallest absolute Gasteiger partial charge is 0.282 e. The van der Waals surface area contributed by atoms with E-state index in [4.69, 9.17) is 24.3 Å². The van der Waals surface area contributed by atoms with Crippen LogP contribution in [0.2, 0.25) is 0 Å². The second kappa shape index (κ2) is 9.85. The highest BCUT2D eigenvalue weighted by molar-refractivity contribution is 9.10. The standard InChI is InChI=1S/C31H26BrN3O4/c1-31(2,3)30-34-25-11-10-21(32)15-23(25)29(36)35(30)33-16-24-22-7-5-4-6-20(22)9-13-26(24)37-17-19-8-12-27-28(14-19)39-18-38-27/h4-16H,17-18H2,1-3H3. The summed E-state index contributed by atoms with van der Waals surface area (Å²) in [6.45, 7) is 6.60. The zero-order chi connectivity index (χ0) is 27.1. The Morgan fingerprint density at radius 3 is 2.67 bits per heavy atom. The van der Waals surface area contributed by atoms with Gasteiger partial charge in [0.2, 0.25) is 6.79 Å². The molecule has 0 saturated heterocycles. The molecule has 0 amide bonds. The predicted octanol–water partition coefficient (Wildman–Crippen LogP) is 6.80. The first-order valence-corrected chi connectivity index (χ1v) is 13.4. The topological polar surface area (TPSA) is 74.9 Å². The lowest BCUT2D eigenvalue weighted by Gasteiger charge is -2.21. The van der Waals surface area contributed by atoms with Crippen LogP contribution in [-0.2, 0) is 12.0 Å². The number of ether oxygens (including phenoxy) is 3. The average molecular weight is 584 g/mol. The Labute approximate surface area is 233 Å². The summed E-state index contributed by atoms with van der Waals surface area (Å²) in [6.07, 6.45) is 1.69. The van der Waals surface area contributed by atoms with Crippen molar-refractivity contribution in [2.24, 2.45) is 5.10 Å². The van der Waals surface area contributed by atoms with Crippen LogP contribution in [0.4, 0.5) is 0 Å². The van der Waals surface area contributed by atoms with E-state index in [1.165, 1.54) is 4.68 Å². The van der Waals surface area contributed by atoms with Crippen LogP contribution in [0.3, 0.4) is 0 Å². The van der Waals surface area contributed by atoms with Crippen LogP contribution in [0.5, 0.6) is 17.2 Å². The van der Waals surface area contributed by atoms with Crippen molar-refractivity contribution in [1.82, 2.24) is 9.66 Å². The fourth-order valence-electron chi connectivity index (χ4n) is 4.58. The van der Waals surface area contributed by atoms with Gasteiger partial charge in [-0.2, -0.15) is 9.78 Å². The predicted molar refractivity (Wildman–Crippen MR) is 156 cm³/mol. The summed E-state index contributed by atoms with van der Waals surface area (Å²) in [4.78, 5) is 18.5. The Morgan fingerprint density at radius 2 is 1.82 bits per heavy atom. The van der Waals surface area contributed by atoms with Crippen LogP contribution >= 0.6 is 15.9 Å². The Bertz CT molecular complexity index is 1820. The molecule has 39 heavy (non-hydrogen) atoms. The highest BCUT2D eigenvalue weighted by Crippen LogP contribution is 2.33. The molecule has 0 unspecified atom stereocenters. The van der Waals surface area contributed by atoms with Gasteiger partial charge in [0.15, 0.2) is 11.5 Å². The van der Waals surface area contributed by atoms with Gasteiger partial charge in [0.05, 0.1) is 17.1 Å². The van der Waals surface area contributed by atoms with Gasteiger partial charge in [0.25, 0.3) is 5.56 Å². The minimum atomic E-state index is -0.421. The molecule has 0 N–H and O–H groups in total. The monoisotopic (exact) mass is 583 g/mol. The van der Waals surface area contributed by atoms with E-state index in [0.717, 1.165) is 32.1 Å². The van der Waals surface area contributed by atoms with E-state index < -0.39 is 5.41 Å². The van der Waals surface area contributed by atoms with E-state index in [-0.39, 0.29) is 12.4 Å². The number of halogens is 1. The lowest BCUT2D eigenvalue weighted by atomic mass is 9.95. The van der Waals surface area contributed by atoms with E-state index in [1.807, 2.05) is 87.5 Å². The fourth-order valence-corrected chi connectivity index (χ4v) is 4.94. The number of benzene rings is 4. The van der Waals surface area contributed by atoms with Crippen molar-refractivity contribution < 1.29 is 14.2 Å². The number of hydrogen-bond donors (Lipinski definition) is 0. The van der Waals surface area contributed by atoms with Crippen molar-refractivity contribution in [2.75, 3.05) is 6.79 Å². The number of hydrogen-bond acceptors (Lipinski definition) is 6. The Hall–Kier alpha value is -4.17. The number of nitrogens with zero attached hydrogens (tertiary/aromatic N) is 3. The maximum atomic E-state index is 13.7. The molecule has 0 fully saturated rings. The summed E-state index contributed by atoms with van der Waals surface area (Å²) in [5.74, 6) is 2.66. The molecule has 0 atom stereocenters. The molecule has 0 radical (unpaired) electrons. The molecule has 4 aromatic carbocycles. The number of rotatable bonds is 5. The summed E-state index contributed by atoms with van der Waals surface area (Å²) in [6, 6.07) is 23.2. The van der Waals surface area contributed by atoms with Crippen LogP contribution in [0, 0.1) is 0 Å². The first kappa shape index (κ1) is 25.1. The van der Waals surface area contributed by atoms with Crippen LogP contribution in [-0.4, -0.2) is 22.7 Å². The molecular formula is C31H26BrN3O4. The summed E-state index contributed by atoms with van der Waals surface area (Å²) in [5.41, 5.74) is 1.71. The van der Waals surface area contributed by atoms with Crippen molar-refractivity contribution >= 4 is 43.8 Å². The Kier molecular flexibility index (Phi) is 6.35. The second-order valence-electron chi connectivity index (χ2n) is 10.4. The number of aromatic nitrogens is 2. The molecule has 8 heteroatoms. The second-order valence-corrected chi connectivity index (χ2v) is 11.3. The van der Waals surface area contributed by atoms with Gasteiger partial charge in [0.1, 0.15) is 18.2 Å². The Morgan fingerprint density at radius 1 is 1.00 bits per heavy atom. The van der Waals surface area contributed by atoms with Crippen LogP contribution in [0.1, 0.15) is 37.7 Å². The van der Waals surface area contributed by atoms with E-state index in [0.29, 0.717) is 34.8 Å². The fraction of sp³-hybridized carbons (Fsp3) is 0.194. The SMILES string of the molecule is CC(C)(C)c1nc2ccc(Br)cc2c(=O)n1N=Cc1c(OCc2ccc3c(c2)OCO3)ccc2ccccc12. The summed E-state index contributed by atoms with van der Waals surface area (Å²) < 4.78 is 19.4. The van der Waals surface area contributed by atoms with E-state index in [9.17, 15) is 4.79 Å². The molecule has 0 spiro atoms. The molecule has 5 aromatic rings. The molecule has 0 aliphatic carbocycles. The highest BCUT2D eigenvalue weighted by Gasteiger charge is 2.23. The average Bonchev–Trinajstić information content (AvgIpc) is 3.39. The van der Waals surface area contributed by atoms with E-state index in [2.05, 4.69) is 15.9 Å². The number of fused-ring (bicyclic) bond motifs is 3. The maximum absolute atomic E-state index is 13.7. The molecule has 6 rings (SSSR count). The van der Waals surface area contributed by atoms with Gasteiger partial charge in [0, 0.05) is 15.5 Å². The molecule has 0 saturated carbocycles. The van der Waals surface area contributed by atoms with Gasteiger partial charge in [-0.1, -0.05) is 73.1 Å². The largest absolute Gasteiger partial charge is 0.488 e. The van der Waals surface area contributed by atoms with Gasteiger partial charge < -0.3 is 14.2 Å². The third-order valence-electron chi connectivity index (χ3n) is 6.54. The first-order valence-electron chi connectivity index (χ1n) is 12.6. The molecule has 196 valence electrons. The van der Waals surface area contributed by atoms with Crippen molar-refractivity contribution in [3.63, 3.8) is 0 Å². The van der Waals surface area contributed by atoms with Crippen LogP contribution < -0.4 is 19.8 Å². The summed E-state index contributed by atoms with van der Waals surface area (Å²) in [5, 5.41) is 7.22. The molecule has 2 heterocycles. The quantitative estimate of drug-likeness (QED) is 0.213. The molecule has 1 aliphatic rings. The van der Waals surface area contributed by atoms with Crippen molar-refractivity contribution in [2.45, 2.75) is 32.8 Å². The van der Waals surface area contributed by atoms with Crippen molar-refractivity contribution in [3.05, 3.63) is 105 Å². The van der Waals surface area contributed by atoms with Gasteiger partial charge in [-0.05, 0) is 52.7 Å². The van der Waals surface area contributed by atoms with Gasteiger partial charge in [-0.25, -0.2) is 4.98 Å². The lowest BCUT2D eigenvalue weighted by molar-refractivity contribution is 0.174. The highest BCUT2D eigenvalue weighted by atomic mass is 79.9. The molecule has 1 aromatic heterocycles. The third kappa shape index (κ3) is 4.88. The van der Waals surface area contributed by atoms with Crippen molar-refractivity contribution in [3.8, 4) is 17.2 Å². The van der Waals surface area contributed by atoms with Crippen LogP contribution in [0.15, 0.2) is 87.2 Å². The zero-order valence-corrected chi connectivity index (χ0v) is 23.4. The van der Waals surface area contributed by atoms with Gasteiger partial charge in [-0.15, -0.1) is 0 Å². The minimum Gasteiger partial charge on any atom is -0.488 e. The Balaban J connectivity index is 1.44. The first-order chi connectivity index (χ1) is 18.8. The van der Waals surface area contributed by atoms with E-state index >= 15 is 0 Å². The maximum Gasteiger partial charge on any atom is 0.282 e. The third-order valence-corrected chi connectivity index (χ3v) is 7.04. The summed E-state index contributed by atoms with van der Waals surface area (Å²) >= 11 is 3.47. The normalized spacial score (nSPS) is 13.0. The molecular weight excluding hydrogens is 558 g/mol. The lowest BCUT2D eigenvalue weighted by Crippen LogP contribution is -2.29. The van der Waals surface area contributed by atoms with E-state index in [1.54, 1.807) is 12.3 Å². The van der Waals surface area contributed by atoms with Gasteiger partial charge >= 0.3 is 0 Å². The van der Waals surface area contributed by atoms with Gasteiger partial charge in [-0.3, -0.25) is 4.79 Å². The molecule has 1 aliphatic heterocycles. The van der Waals surface area contributed by atoms with Crippen molar-refractivity contribution in [1.29, 1.82) is 0 Å². The molecule has 0 bridgehead atoms. The molecule has 7 nitrogen and oxygen atoms in total. The zero-order valence-electron chi connectivity index (χ0n) is 21.8. The summed E-state index contributed by atoms with van der Waals surface area (Å²) in [7, 11) is 0. The van der Waals surface area contributed by atoms with Crippen LogP contribution in [0.25, 0.3) is 21.7 Å². The minimum absolute atomic E-state index is 0.224.